The molecule has 0 amide bonds. The highest BCUT2D eigenvalue weighted by molar-refractivity contribution is 4.80. The minimum Gasteiger partial charge on any atom is -0.317 e. The summed E-state index contributed by atoms with van der Waals surface area (Å²) in [6.45, 7) is 0. The van der Waals surface area contributed by atoms with E-state index in [-0.39, 0.29) is 0 Å². The molecule has 2 aliphatic carbocycles. The van der Waals surface area contributed by atoms with Gasteiger partial charge in [-0.3, -0.25) is 0 Å². The summed E-state index contributed by atoms with van der Waals surface area (Å²) < 4.78 is 0. The van der Waals surface area contributed by atoms with Crippen LogP contribution in [-0.4, -0.2) is 13.1 Å². The van der Waals surface area contributed by atoms with Gasteiger partial charge in [0.15, 0.2) is 0 Å². The van der Waals surface area contributed by atoms with Crippen molar-refractivity contribution in [1.29, 1.82) is 0 Å². The lowest BCUT2D eigenvalue weighted by Crippen LogP contribution is -2.36. The van der Waals surface area contributed by atoms with E-state index in [0.29, 0.717) is 0 Å². The summed E-state index contributed by atoms with van der Waals surface area (Å²) in [5, 5.41) is 3.67. The van der Waals surface area contributed by atoms with Crippen LogP contribution >= 0.6 is 0 Å². The molecule has 1 heteroatoms. The van der Waals surface area contributed by atoms with Gasteiger partial charge in [0.1, 0.15) is 0 Å². The summed E-state index contributed by atoms with van der Waals surface area (Å²) in [7, 11) is 2.20. The molecule has 1 nitrogen and oxygen atoms in total. The second-order valence-electron chi connectivity index (χ2n) is 6.74. The number of hydrogen-bond acceptors (Lipinski definition) is 1. The summed E-state index contributed by atoms with van der Waals surface area (Å²) in [4.78, 5) is 0. The van der Waals surface area contributed by atoms with Crippen LogP contribution in [0.4, 0.5) is 0 Å². The van der Waals surface area contributed by atoms with Gasteiger partial charge in [-0.1, -0.05) is 64.2 Å². The van der Waals surface area contributed by atoms with Crippen molar-refractivity contribution in [3.8, 4) is 0 Å². The molecule has 106 valence electrons. The quantitative estimate of drug-likeness (QED) is 0.749. The molecule has 2 saturated carbocycles. The lowest BCUT2D eigenvalue weighted by Gasteiger charge is -2.32. The minimum absolute atomic E-state index is 0.811. The van der Waals surface area contributed by atoms with Gasteiger partial charge in [0.2, 0.25) is 0 Å². The van der Waals surface area contributed by atoms with Crippen LogP contribution in [0.2, 0.25) is 0 Å². The van der Waals surface area contributed by atoms with Gasteiger partial charge in [0.25, 0.3) is 0 Å². The van der Waals surface area contributed by atoms with Gasteiger partial charge < -0.3 is 5.32 Å². The van der Waals surface area contributed by atoms with Gasteiger partial charge in [0, 0.05) is 6.04 Å². The molecule has 18 heavy (non-hydrogen) atoms. The van der Waals surface area contributed by atoms with Gasteiger partial charge in [0.05, 0.1) is 0 Å². The molecule has 2 aliphatic rings. The first kappa shape index (κ1) is 14.4. The van der Waals surface area contributed by atoms with Crippen molar-refractivity contribution in [1.82, 2.24) is 5.32 Å². The molecule has 0 aromatic heterocycles. The molecule has 1 unspecified atom stereocenters. The molecule has 2 fully saturated rings. The van der Waals surface area contributed by atoms with Crippen LogP contribution in [0.15, 0.2) is 0 Å². The average Bonchev–Trinajstić information content (AvgIpc) is 2.37. The Bertz CT molecular complexity index is 200. The molecule has 0 saturated heterocycles. The Kier molecular flexibility index (Phi) is 6.54. The Morgan fingerprint density at radius 2 is 1.28 bits per heavy atom. The Morgan fingerprint density at radius 3 is 1.89 bits per heavy atom. The lowest BCUT2D eigenvalue weighted by molar-refractivity contribution is 0.229. The highest BCUT2D eigenvalue weighted by Gasteiger charge is 2.24. The smallest absolute Gasteiger partial charge is 0.00949 e. The molecule has 0 heterocycles. The van der Waals surface area contributed by atoms with E-state index in [1.165, 1.54) is 83.5 Å². The maximum atomic E-state index is 3.67. The lowest BCUT2D eigenvalue weighted by atomic mass is 9.78. The highest BCUT2D eigenvalue weighted by Crippen LogP contribution is 2.32. The Morgan fingerprint density at radius 1 is 0.778 bits per heavy atom. The van der Waals surface area contributed by atoms with Crippen molar-refractivity contribution < 1.29 is 0 Å². The van der Waals surface area contributed by atoms with Crippen LogP contribution in [0.5, 0.6) is 0 Å². The molecular formula is C17H33N. The van der Waals surface area contributed by atoms with E-state index < -0.39 is 0 Å². The minimum atomic E-state index is 0.811. The van der Waals surface area contributed by atoms with Crippen molar-refractivity contribution in [3.63, 3.8) is 0 Å². The third kappa shape index (κ3) is 4.57. The van der Waals surface area contributed by atoms with Gasteiger partial charge in [-0.2, -0.15) is 0 Å². The molecule has 0 spiro atoms. The van der Waals surface area contributed by atoms with E-state index in [2.05, 4.69) is 12.4 Å². The summed E-state index contributed by atoms with van der Waals surface area (Å²) >= 11 is 0. The maximum Gasteiger partial charge on any atom is 0.00949 e. The van der Waals surface area contributed by atoms with E-state index in [4.69, 9.17) is 0 Å². The predicted octanol–water partition coefficient (Wildman–Crippen LogP) is 4.91. The van der Waals surface area contributed by atoms with E-state index >= 15 is 0 Å². The van der Waals surface area contributed by atoms with Crippen LogP contribution in [0.1, 0.15) is 83.5 Å². The summed E-state index contributed by atoms with van der Waals surface area (Å²) in [6, 6.07) is 0.811. The van der Waals surface area contributed by atoms with Crippen LogP contribution in [-0.2, 0) is 0 Å². The molecule has 0 aliphatic heterocycles. The van der Waals surface area contributed by atoms with E-state index in [1.807, 2.05) is 0 Å². The predicted molar refractivity (Wildman–Crippen MR) is 79.8 cm³/mol. The zero-order valence-electron chi connectivity index (χ0n) is 12.4. The molecule has 0 aromatic rings. The SMILES string of the molecule is CNC(CC1CCCCC1)C1CCCCCCC1. The summed E-state index contributed by atoms with van der Waals surface area (Å²) in [5.41, 5.74) is 0. The van der Waals surface area contributed by atoms with Gasteiger partial charge in [-0.05, 0) is 38.1 Å². The van der Waals surface area contributed by atoms with Crippen molar-refractivity contribution in [2.75, 3.05) is 7.05 Å². The monoisotopic (exact) mass is 251 g/mol. The number of nitrogens with one attached hydrogen (secondary N) is 1. The van der Waals surface area contributed by atoms with Crippen molar-refractivity contribution >= 4 is 0 Å². The van der Waals surface area contributed by atoms with Gasteiger partial charge >= 0.3 is 0 Å². The second kappa shape index (κ2) is 8.19. The number of rotatable bonds is 4. The Labute approximate surface area is 114 Å². The number of hydrogen-bond donors (Lipinski definition) is 1. The van der Waals surface area contributed by atoms with Crippen molar-refractivity contribution in [2.45, 2.75) is 89.5 Å². The molecule has 2 rings (SSSR count). The molecule has 1 atom stereocenters. The van der Waals surface area contributed by atoms with Crippen molar-refractivity contribution in [3.05, 3.63) is 0 Å². The van der Waals surface area contributed by atoms with E-state index in [9.17, 15) is 0 Å². The largest absolute Gasteiger partial charge is 0.317 e. The first-order chi connectivity index (χ1) is 8.90. The Hall–Kier alpha value is -0.0400. The first-order valence-corrected chi connectivity index (χ1v) is 8.57. The fraction of sp³-hybridized carbons (Fsp3) is 1.00. The van der Waals surface area contributed by atoms with E-state index in [0.717, 1.165) is 17.9 Å². The fourth-order valence-corrected chi connectivity index (χ4v) is 4.22. The zero-order chi connectivity index (χ0) is 12.6. The Balaban J connectivity index is 1.81. The van der Waals surface area contributed by atoms with E-state index in [1.54, 1.807) is 0 Å². The van der Waals surface area contributed by atoms with Gasteiger partial charge in [-0.15, -0.1) is 0 Å². The van der Waals surface area contributed by atoms with Crippen LogP contribution < -0.4 is 5.32 Å². The molecule has 1 N–H and O–H groups in total. The third-order valence-corrected chi connectivity index (χ3v) is 5.40. The van der Waals surface area contributed by atoms with Crippen molar-refractivity contribution in [2.24, 2.45) is 11.8 Å². The molecule has 0 aromatic carbocycles. The van der Waals surface area contributed by atoms with Gasteiger partial charge in [-0.25, -0.2) is 0 Å². The normalized spacial score (nSPS) is 26.5. The fourth-order valence-electron chi connectivity index (χ4n) is 4.22. The second-order valence-corrected chi connectivity index (χ2v) is 6.74. The maximum absolute atomic E-state index is 3.67. The zero-order valence-corrected chi connectivity index (χ0v) is 12.4. The molecular weight excluding hydrogens is 218 g/mol. The average molecular weight is 251 g/mol. The van der Waals surface area contributed by atoms with Crippen LogP contribution in [0.3, 0.4) is 0 Å². The van der Waals surface area contributed by atoms with Crippen LogP contribution in [0, 0.1) is 11.8 Å². The first-order valence-electron chi connectivity index (χ1n) is 8.57. The molecule has 0 radical (unpaired) electrons. The standard InChI is InChI=1S/C17H33N/c1-18-17(14-15-10-6-5-7-11-15)16-12-8-3-2-4-9-13-16/h15-18H,2-14H2,1H3. The molecule has 0 bridgehead atoms. The highest BCUT2D eigenvalue weighted by atomic mass is 14.9. The summed E-state index contributed by atoms with van der Waals surface area (Å²) in [5.74, 6) is 2.00. The third-order valence-electron chi connectivity index (χ3n) is 5.40. The topological polar surface area (TPSA) is 12.0 Å². The van der Waals surface area contributed by atoms with Crippen LogP contribution in [0.25, 0.3) is 0 Å². The summed E-state index contributed by atoms with van der Waals surface area (Å²) in [6.07, 6.45) is 19.3.